The summed E-state index contributed by atoms with van der Waals surface area (Å²) in [7, 11) is 0. The molecule has 0 aliphatic rings. The number of nitrogens with zero attached hydrogens (tertiary/aromatic N) is 2. The van der Waals surface area contributed by atoms with Crippen LogP contribution in [-0.2, 0) is 19.3 Å². The summed E-state index contributed by atoms with van der Waals surface area (Å²) in [6.45, 7) is 6.84. The number of aromatic nitrogens is 2. The quantitative estimate of drug-likeness (QED) is 0.104. The molecule has 0 saturated carbocycles. The Balaban J connectivity index is 2.12. The summed E-state index contributed by atoms with van der Waals surface area (Å²) in [5, 5.41) is 0. The highest BCUT2D eigenvalue weighted by atomic mass is 14.9. The van der Waals surface area contributed by atoms with Crippen molar-refractivity contribution >= 4 is 0 Å². The van der Waals surface area contributed by atoms with Crippen LogP contribution in [-0.4, -0.2) is 9.97 Å². The minimum absolute atomic E-state index is 1.03. The topological polar surface area (TPSA) is 25.8 Å². The van der Waals surface area contributed by atoms with Crippen LogP contribution >= 0.6 is 0 Å². The summed E-state index contributed by atoms with van der Waals surface area (Å²) in [4.78, 5) is 9.82. The van der Waals surface area contributed by atoms with Crippen molar-refractivity contribution in [2.24, 2.45) is 0 Å². The molecule has 0 amide bonds. The lowest BCUT2D eigenvalue weighted by Gasteiger charge is -2.09. The Kier molecular flexibility index (Phi) is 24.6. The molecule has 1 aromatic rings. The van der Waals surface area contributed by atoms with E-state index in [0.29, 0.717) is 0 Å². The van der Waals surface area contributed by atoms with Gasteiger partial charge < -0.3 is 0 Å². The second kappa shape index (κ2) is 26.7. The van der Waals surface area contributed by atoms with Crippen molar-refractivity contribution in [2.75, 3.05) is 0 Å². The van der Waals surface area contributed by atoms with Crippen LogP contribution in [0.1, 0.15) is 199 Å². The predicted molar refractivity (Wildman–Crippen MR) is 166 cm³/mol. The fourth-order valence-corrected chi connectivity index (χ4v) is 5.50. The van der Waals surface area contributed by atoms with E-state index in [1.54, 1.807) is 0 Å². The van der Waals surface area contributed by atoms with E-state index in [4.69, 9.17) is 9.97 Å². The van der Waals surface area contributed by atoms with E-state index in [1.165, 1.54) is 165 Å². The van der Waals surface area contributed by atoms with Gasteiger partial charge in [-0.2, -0.15) is 0 Å². The molecule has 0 unspecified atom stereocenters. The standard InChI is InChI=1S/C35H66N2/c1-4-7-9-11-13-15-17-19-21-23-25-27-30-33-32-34(37-35(36-33)29-6-3)31-28-26-24-22-20-18-16-14-12-10-8-5-2/h32H,4-31H2,1-3H3. The third kappa shape index (κ3) is 21.7. The van der Waals surface area contributed by atoms with Gasteiger partial charge in [0.2, 0.25) is 0 Å². The summed E-state index contributed by atoms with van der Waals surface area (Å²) in [5.41, 5.74) is 2.61. The van der Waals surface area contributed by atoms with Crippen molar-refractivity contribution in [3.05, 3.63) is 23.3 Å². The second-order valence-electron chi connectivity index (χ2n) is 11.8. The van der Waals surface area contributed by atoms with Crippen molar-refractivity contribution in [2.45, 2.75) is 201 Å². The fraction of sp³-hybridized carbons (Fsp3) is 0.886. The van der Waals surface area contributed by atoms with Crippen molar-refractivity contribution in [1.29, 1.82) is 0 Å². The summed E-state index contributed by atoms with van der Waals surface area (Å²) in [6, 6.07) is 2.33. The first-order valence-electron chi connectivity index (χ1n) is 17.2. The highest BCUT2D eigenvalue weighted by Gasteiger charge is 2.05. The molecule has 0 aromatic carbocycles. The smallest absolute Gasteiger partial charge is 0.128 e. The van der Waals surface area contributed by atoms with Crippen LogP contribution in [0.5, 0.6) is 0 Å². The van der Waals surface area contributed by atoms with Gasteiger partial charge in [0, 0.05) is 17.8 Å². The molecule has 0 N–H and O–H groups in total. The van der Waals surface area contributed by atoms with Gasteiger partial charge in [-0.1, -0.05) is 162 Å². The molecule has 1 aromatic heterocycles. The normalized spacial score (nSPS) is 11.4. The average Bonchev–Trinajstić information content (AvgIpc) is 2.90. The fourth-order valence-electron chi connectivity index (χ4n) is 5.50. The van der Waals surface area contributed by atoms with E-state index in [2.05, 4.69) is 26.8 Å². The first kappa shape index (κ1) is 34.1. The van der Waals surface area contributed by atoms with Crippen LogP contribution < -0.4 is 0 Å². The zero-order valence-electron chi connectivity index (χ0n) is 25.8. The molecule has 0 radical (unpaired) electrons. The van der Waals surface area contributed by atoms with Crippen LogP contribution in [0.2, 0.25) is 0 Å². The number of aryl methyl sites for hydroxylation is 3. The lowest BCUT2D eigenvalue weighted by molar-refractivity contribution is 0.542. The molecule has 2 heteroatoms. The molecule has 37 heavy (non-hydrogen) atoms. The van der Waals surface area contributed by atoms with Crippen molar-refractivity contribution in [3.63, 3.8) is 0 Å². The molecule has 0 bridgehead atoms. The third-order valence-corrected chi connectivity index (χ3v) is 7.93. The maximum atomic E-state index is 4.91. The number of hydrogen-bond donors (Lipinski definition) is 0. The average molecular weight is 515 g/mol. The van der Waals surface area contributed by atoms with Crippen molar-refractivity contribution in [3.8, 4) is 0 Å². The van der Waals surface area contributed by atoms with E-state index < -0.39 is 0 Å². The van der Waals surface area contributed by atoms with Gasteiger partial charge in [-0.25, -0.2) is 9.97 Å². The van der Waals surface area contributed by atoms with Gasteiger partial charge in [0.05, 0.1) is 0 Å². The second-order valence-corrected chi connectivity index (χ2v) is 11.8. The Hall–Kier alpha value is -0.920. The van der Waals surface area contributed by atoms with E-state index >= 15 is 0 Å². The Bertz CT molecular complexity index is 551. The van der Waals surface area contributed by atoms with Gasteiger partial charge in [0.15, 0.2) is 0 Å². The molecule has 0 saturated heterocycles. The van der Waals surface area contributed by atoms with Crippen molar-refractivity contribution in [1.82, 2.24) is 9.97 Å². The third-order valence-electron chi connectivity index (χ3n) is 7.93. The van der Waals surface area contributed by atoms with Gasteiger partial charge in [-0.3, -0.25) is 0 Å². The molecular formula is C35H66N2. The van der Waals surface area contributed by atoms with Crippen LogP contribution in [0.4, 0.5) is 0 Å². The monoisotopic (exact) mass is 515 g/mol. The van der Waals surface area contributed by atoms with Gasteiger partial charge in [0.1, 0.15) is 5.82 Å². The zero-order chi connectivity index (χ0) is 26.7. The Morgan fingerprint density at radius 3 is 0.946 bits per heavy atom. The Labute approximate surface area is 233 Å². The van der Waals surface area contributed by atoms with Crippen LogP contribution in [0.3, 0.4) is 0 Å². The first-order chi connectivity index (χ1) is 18.3. The van der Waals surface area contributed by atoms with Crippen LogP contribution in [0.25, 0.3) is 0 Å². The number of hydrogen-bond acceptors (Lipinski definition) is 2. The maximum absolute atomic E-state index is 4.91. The molecule has 0 atom stereocenters. The SMILES string of the molecule is CCCCCCCCCCCCCCc1cc(CCCCCCCCCCCCCC)nc(CCC)n1. The highest BCUT2D eigenvalue weighted by Crippen LogP contribution is 2.16. The summed E-state index contributed by atoms with van der Waals surface area (Å²) in [6.07, 6.45) is 38.3. The van der Waals surface area contributed by atoms with E-state index in [9.17, 15) is 0 Å². The highest BCUT2D eigenvalue weighted by molar-refractivity contribution is 5.12. The molecule has 1 heterocycles. The molecular weight excluding hydrogens is 448 g/mol. The van der Waals surface area contributed by atoms with E-state index in [-0.39, 0.29) is 0 Å². The maximum Gasteiger partial charge on any atom is 0.128 e. The van der Waals surface area contributed by atoms with Crippen LogP contribution in [0.15, 0.2) is 6.07 Å². The lowest BCUT2D eigenvalue weighted by atomic mass is 10.0. The first-order valence-corrected chi connectivity index (χ1v) is 17.2. The predicted octanol–water partition coefficient (Wildman–Crippen LogP) is 11.9. The Morgan fingerprint density at radius 1 is 0.351 bits per heavy atom. The molecule has 0 fully saturated rings. The summed E-state index contributed by atoms with van der Waals surface area (Å²) >= 11 is 0. The van der Waals surface area contributed by atoms with Gasteiger partial charge >= 0.3 is 0 Å². The summed E-state index contributed by atoms with van der Waals surface area (Å²) in [5.74, 6) is 1.09. The molecule has 0 aliphatic heterocycles. The molecule has 216 valence electrons. The van der Waals surface area contributed by atoms with Gasteiger partial charge in [-0.15, -0.1) is 0 Å². The van der Waals surface area contributed by atoms with Crippen molar-refractivity contribution < 1.29 is 0 Å². The summed E-state index contributed by atoms with van der Waals surface area (Å²) < 4.78 is 0. The molecule has 2 nitrogen and oxygen atoms in total. The largest absolute Gasteiger partial charge is 0.238 e. The Morgan fingerprint density at radius 2 is 0.649 bits per heavy atom. The zero-order valence-corrected chi connectivity index (χ0v) is 25.8. The minimum Gasteiger partial charge on any atom is -0.238 e. The van der Waals surface area contributed by atoms with Gasteiger partial charge in [0.25, 0.3) is 0 Å². The molecule has 0 spiro atoms. The lowest BCUT2D eigenvalue weighted by Crippen LogP contribution is -2.04. The minimum atomic E-state index is 1.03. The van der Waals surface area contributed by atoms with E-state index in [1.807, 2.05) is 0 Å². The number of unbranched alkanes of at least 4 members (excludes halogenated alkanes) is 22. The number of rotatable bonds is 28. The molecule has 1 rings (SSSR count). The van der Waals surface area contributed by atoms with Crippen LogP contribution in [0, 0.1) is 0 Å². The van der Waals surface area contributed by atoms with E-state index in [0.717, 1.165) is 31.5 Å². The molecule has 0 aliphatic carbocycles. The van der Waals surface area contributed by atoms with Gasteiger partial charge in [-0.05, 0) is 38.2 Å².